The molecule has 0 aliphatic carbocycles. The zero-order valence-electron chi connectivity index (χ0n) is 11.5. The van der Waals surface area contributed by atoms with E-state index in [0.29, 0.717) is 12.0 Å². The van der Waals surface area contributed by atoms with Crippen molar-refractivity contribution in [3.63, 3.8) is 0 Å². The van der Waals surface area contributed by atoms with Gasteiger partial charge in [-0.1, -0.05) is 39.0 Å². The first-order valence-electron chi connectivity index (χ1n) is 6.41. The van der Waals surface area contributed by atoms with Crippen LogP contribution in [0, 0.1) is 5.92 Å². The summed E-state index contributed by atoms with van der Waals surface area (Å²) < 4.78 is 6.33. The Balaban J connectivity index is 2.85. The molecule has 1 unspecified atom stereocenters. The van der Waals surface area contributed by atoms with Gasteiger partial charge < -0.3 is 4.43 Å². The van der Waals surface area contributed by atoms with Crippen LogP contribution >= 0.6 is 0 Å². The summed E-state index contributed by atoms with van der Waals surface area (Å²) in [6.07, 6.45) is 4.87. The Bertz CT molecular complexity index is 289. The highest BCUT2D eigenvalue weighted by atomic mass is 28.4. The summed E-state index contributed by atoms with van der Waals surface area (Å²) in [6, 6.07) is 1.13. The van der Waals surface area contributed by atoms with Crippen LogP contribution in [0.15, 0.2) is 23.8 Å². The maximum Gasteiger partial charge on any atom is 0.191 e. The third-order valence-electron chi connectivity index (χ3n) is 3.14. The van der Waals surface area contributed by atoms with Crippen LogP contribution in [0.5, 0.6) is 0 Å². The quantitative estimate of drug-likeness (QED) is 0.654. The number of hydrogen-bond donors (Lipinski definition) is 0. The van der Waals surface area contributed by atoms with E-state index in [2.05, 4.69) is 46.5 Å². The number of allylic oxidation sites excluding steroid dienone is 1. The maximum atomic E-state index is 6.33. The average molecular weight is 238 g/mol. The molecule has 0 aromatic rings. The first-order valence-corrected chi connectivity index (χ1v) is 9.53. The van der Waals surface area contributed by atoms with Gasteiger partial charge in [-0.25, -0.2) is 0 Å². The minimum absolute atomic E-state index is 0.308. The summed E-state index contributed by atoms with van der Waals surface area (Å²) in [7, 11) is -1.44. The SMILES string of the molecule is C=C(CC)C1=CC[Si](C)(C)OC1CC(C)C. The Morgan fingerprint density at radius 3 is 2.69 bits per heavy atom. The van der Waals surface area contributed by atoms with Gasteiger partial charge in [0.05, 0.1) is 6.10 Å². The van der Waals surface area contributed by atoms with Gasteiger partial charge in [-0.15, -0.1) is 0 Å². The van der Waals surface area contributed by atoms with Gasteiger partial charge in [0.2, 0.25) is 0 Å². The highest BCUT2D eigenvalue weighted by Gasteiger charge is 2.32. The minimum atomic E-state index is -1.44. The van der Waals surface area contributed by atoms with Crippen molar-refractivity contribution in [3.8, 4) is 0 Å². The zero-order chi connectivity index (χ0) is 12.3. The topological polar surface area (TPSA) is 9.23 Å². The Kier molecular flexibility index (Phi) is 4.57. The highest BCUT2D eigenvalue weighted by Crippen LogP contribution is 2.33. The maximum absolute atomic E-state index is 6.33. The standard InChI is InChI=1S/C14H26OSi/c1-7-12(4)13-8-9-16(5,6)15-14(13)10-11(2)3/h8,11,14H,4,7,9-10H2,1-3,5-6H3. The molecule has 0 fully saturated rings. The van der Waals surface area contributed by atoms with Crippen molar-refractivity contribution in [3.05, 3.63) is 23.8 Å². The third-order valence-corrected chi connectivity index (χ3v) is 5.25. The van der Waals surface area contributed by atoms with E-state index in [0.717, 1.165) is 18.9 Å². The molecule has 0 bridgehead atoms. The molecule has 0 amide bonds. The molecule has 0 N–H and O–H groups in total. The molecule has 0 spiro atoms. The van der Waals surface area contributed by atoms with E-state index in [1.807, 2.05) is 0 Å². The van der Waals surface area contributed by atoms with Crippen molar-refractivity contribution >= 4 is 8.32 Å². The third kappa shape index (κ3) is 3.60. The monoisotopic (exact) mass is 238 g/mol. The molecular weight excluding hydrogens is 212 g/mol. The zero-order valence-corrected chi connectivity index (χ0v) is 12.5. The molecule has 0 saturated heterocycles. The van der Waals surface area contributed by atoms with Gasteiger partial charge >= 0.3 is 0 Å². The number of hydrogen-bond acceptors (Lipinski definition) is 1. The Morgan fingerprint density at radius 2 is 2.19 bits per heavy atom. The van der Waals surface area contributed by atoms with Crippen LogP contribution in [0.3, 0.4) is 0 Å². The molecular formula is C14H26OSi. The van der Waals surface area contributed by atoms with Gasteiger partial charge in [-0.2, -0.15) is 0 Å². The second-order valence-corrected chi connectivity index (χ2v) is 9.98. The van der Waals surface area contributed by atoms with Gasteiger partial charge in [-0.05, 0) is 43.5 Å². The van der Waals surface area contributed by atoms with Crippen molar-refractivity contribution in [2.45, 2.75) is 58.9 Å². The molecule has 1 heterocycles. The number of rotatable bonds is 4. The predicted octanol–water partition coefficient (Wildman–Crippen LogP) is 4.53. The molecule has 0 aromatic carbocycles. The second-order valence-electron chi connectivity index (χ2n) is 5.82. The Morgan fingerprint density at radius 1 is 1.56 bits per heavy atom. The molecule has 1 atom stereocenters. The van der Waals surface area contributed by atoms with Crippen molar-refractivity contribution in [2.75, 3.05) is 0 Å². The molecule has 1 nitrogen and oxygen atoms in total. The summed E-state index contributed by atoms with van der Waals surface area (Å²) >= 11 is 0. The van der Waals surface area contributed by atoms with Crippen LogP contribution in [0.4, 0.5) is 0 Å². The fourth-order valence-corrected chi connectivity index (χ4v) is 3.96. The highest BCUT2D eigenvalue weighted by molar-refractivity contribution is 6.71. The summed E-state index contributed by atoms with van der Waals surface area (Å²) in [4.78, 5) is 0. The van der Waals surface area contributed by atoms with Gasteiger partial charge in [0, 0.05) is 0 Å². The first kappa shape index (κ1) is 13.7. The van der Waals surface area contributed by atoms with Gasteiger partial charge in [0.25, 0.3) is 0 Å². The fraction of sp³-hybridized carbons (Fsp3) is 0.714. The summed E-state index contributed by atoms with van der Waals surface area (Å²) in [5.41, 5.74) is 2.64. The van der Waals surface area contributed by atoms with Crippen LogP contribution in [0.25, 0.3) is 0 Å². The predicted molar refractivity (Wildman–Crippen MR) is 74.1 cm³/mol. The molecule has 2 heteroatoms. The summed E-state index contributed by atoms with van der Waals surface area (Å²) in [6.45, 7) is 15.5. The van der Waals surface area contributed by atoms with E-state index in [1.54, 1.807) is 0 Å². The van der Waals surface area contributed by atoms with Crippen molar-refractivity contribution in [1.29, 1.82) is 0 Å². The van der Waals surface area contributed by atoms with E-state index in [9.17, 15) is 0 Å². The fourth-order valence-electron chi connectivity index (χ4n) is 2.16. The van der Waals surface area contributed by atoms with E-state index < -0.39 is 8.32 Å². The lowest BCUT2D eigenvalue weighted by atomic mass is 9.93. The molecule has 92 valence electrons. The lowest BCUT2D eigenvalue weighted by molar-refractivity contribution is 0.195. The van der Waals surface area contributed by atoms with E-state index in [1.165, 1.54) is 11.1 Å². The van der Waals surface area contributed by atoms with Crippen LogP contribution in [-0.2, 0) is 4.43 Å². The Hall–Kier alpha value is -0.343. The van der Waals surface area contributed by atoms with Crippen molar-refractivity contribution in [1.82, 2.24) is 0 Å². The summed E-state index contributed by atoms with van der Waals surface area (Å²) in [5.74, 6) is 0.681. The van der Waals surface area contributed by atoms with Gasteiger partial charge in [0.1, 0.15) is 0 Å². The van der Waals surface area contributed by atoms with Crippen LogP contribution < -0.4 is 0 Å². The smallest absolute Gasteiger partial charge is 0.191 e. The molecule has 1 aliphatic heterocycles. The molecule has 16 heavy (non-hydrogen) atoms. The van der Waals surface area contributed by atoms with Gasteiger partial charge in [0.15, 0.2) is 8.32 Å². The van der Waals surface area contributed by atoms with E-state index in [-0.39, 0.29) is 0 Å². The minimum Gasteiger partial charge on any atom is -0.410 e. The Labute approximate surface area is 102 Å². The molecule has 1 rings (SSSR count). The van der Waals surface area contributed by atoms with E-state index in [4.69, 9.17) is 4.43 Å². The molecule has 0 aromatic heterocycles. The van der Waals surface area contributed by atoms with Crippen molar-refractivity contribution in [2.24, 2.45) is 5.92 Å². The first-order chi connectivity index (χ1) is 7.35. The van der Waals surface area contributed by atoms with Crippen LogP contribution in [-0.4, -0.2) is 14.4 Å². The van der Waals surface area contributed by atoms with Crippen LogP contribution in [0.1, 0.15) is 33.6 Å². The van der Waals surface area contributed by atoms with Crippen molar-refractivity contribution < 1.29 is 4.43 Å². The summed E-state index contributed by atoms with van der Waals surface area (Å²) in [5, 5.41) is 0. The largest absolute Gasteiger partial charge is 0.410 e. The lowest BCUT2D eigenvalue weighted by Crippen LogP contribution is -2.40. The normalized spacial score (nSPS) is 24.4. The molecule has 0 saturated carbocycles. The van der Waals surface area contributed by atoms with Crippen LogP contribution in [0.2, 0.25) is 19.1 Å². The lowest BCUT2D eigenvalue weighted by Gasteiger charge is -2.36. The molecule has 1 aliphatic rings. The van der Waals surface area contributed by atoms with Gasteiger partial charge in [-0.3, -0.25) is 0 Å². The van der Waals surface area contributed by atoms with E-state index >= 15 is 0 Å². The second kappa shape index (κ2) is 5.33. The molecule has 0 radical (unpaired) electrons. The average Bonchev–Trinajstić information content (AvgIpc) is 2.14.